The Morgan fingerprint density at radius 1 is 1.02 bits per heavy atom. The maximum atomic E-state index is 9.03. The van der Waals surface area contributed by atoms with Gasteiger partial charge in [0.15, 0.2) is 5.13 Å². The molecule has 6 N–H and O–H groups in total. The Labute approximate surface area is 236 Å². The third-order valence-electron chi connectivity index (χ3n) is 7.09. The van der Waals surface area contributed by atoms with Crippen molar-refractivity contribution in [2.75, 3.05) is 28.2 Å². The van der Waals surface area contributed by atoms with Crippen molar-refractivity contribution in [3.63, 3.8) is 0 Å². The van der Waals surface area contributed by atoms with Gasteiger partial charge in [0, 0.05) is 28.2 Å². The predicted octanol–water partition coefficient (Wildman–Crippen LogP) is 6.23. The fourth-order valence-corrected chi connectivity index (χ4v) is 5.95. The minimum atomic E-state index is 0.216. The predicted molar refractivity (Wildman–Crippen MR) is 167 cm³/mol. The molecule has 5 aromatic rings. The van der Waals surface area contributed by atoms with Crippen LogP contribution >= 0.6 is 11.3 Å². The first-order valence-corrected chi connectivity index (χ1v) is 13.6. The number of nitrogen functional groups attached to an aromatic ring is 2. The van der Waals surface area contributed by atoms with Crippen LogP contribution in [0.15, 0.2) is 79.3 Å². The molecule has 1 aliphatic heterocycles. The first kappa shape index (κ1) is 25.3. The summed E-state index contributed by atoms with van der Waals surface area (Å²) in [7, 11) is 0. The molecular formula is C31H28N8S. The van der Waals surface area contributed by atoms with Gasteiger partial charge in [0.05, 0.1) is 28.0 Å². The molecule has 3 aromatic carbocycles. The number of nitrogens with one attached hydrogen (secondary N) is 2. The zero-order valence-corrected chi connectivity index (χ0v) is 23.0. The summed E-state index contributed by atoms with van der Waals surface area (Å²) in [5, 5.41) is 13.0. The molecule has 0 saturated heterocycles. The summed E-state index contributed by atoms with van der Waals surface area (Å²) < 4.78 is 0.901. The third-order valence-corrected chi connectivity index (χ3v) is 7.93. The third kappa shape index (κ3) is 4.36. The summed E-state index contributed by atoms with van der Waals surface area (Å²) in [6.45, 7) is 9.13. The highest BCUT2D eigenvalue weighted by atomic mass is 32.1. The second-order valence-corrected chi connectivity index (χ2v) is 10.8. The van der Waals surface area contributed by atoms with Gasteiger partial charge in [-0.25, -0.2) is 15.0 Å². The number of thiazole rings is 1. The van der Waals surface area contributed by atoms with Crippen LogP contribution in [-0.4, -0.2) is 27.2 Å². The van der Waals surface area contributed by atoms with Crippen molar-refractivity contribution in [1.29, 1.82) is 5.41 Å². The maximum Gasteiger partial charge on any atom is 0.181 e. The summed E-state index contributed by atoms with van der Waals surface area (Å²) in [6.07, 6.45) is 3.58. The van der Waals surface area contributed by atoms with E-state index in [0.717, 1.165) is 44.0 Å². The van der Waals surface area contributed by atoms with Crippen molar-refractivity contribution in [2.45, 2.75) is 13.8 Å². The number of rotatable bonds is 6. The molecule has 0 aliphatic carbocycles. The number of para-hydroxylation sites is 1. The van der Waals surface area contributed by atoms with E-state index in [2.05, 4.69) is 82.0 Å². The van der Waals surface area contributed by atoms with Crippen molar-refractivity contribution < 1.29 is 0 Å². The van der Waals surface area contributed by atoms with Gasteiger partial charge in [0.1, 0.15) is 18.0 Å². The lowest BCUT2D eigenvalue weighted by atomic mass is 9.93. The number of nitrogens with two attached hydrogens (primary N) is 2. The molecule has 9 heteroatoms. The van der Waals surface area contributed by atoms with Crippen LogP contribution < -0.4 is 21.7 Å². The lowest BCUT2D eigenvalue weighted by molar-refractivity contribution is 1.06. The van der Waals surface area contributed by atoms with Gasteiger partial charge >= 0.3 is 0 Å². The van der Waals surface area contributed by atoms with Crippen molar-refractivity contribution in [3.8, 4) is 0 Å². The molecule has 3 heterocycles. The second kappa shape index (κ2) is 9.94. The molecule has 1 aliphatic rings. The van der Waals surface area contributed by atoms with E-state index in [1.165, 1.54) is 23.2 Å². The van der Waals surface area contributed by atoms with E-state index in [1.807, 2.05) is 30.3 Å². The Morgan fingerprint density at radius 2 is 1.82 bits per heavy atom. The van der Waals surface area contributed by atoms with E-state index in [1.54, 1.807) is 0 Å². The van der Waals surface area contributed by atoms with Crippen LogP contribution in [0.25, 0.3) is 22.0 Å². The number of fused-ring (bicyclic) bond motifs is 2. The van der Waals surface area contributed by atoms with Gasteiger partial charge in [-0.05, 0) is 54.8 Å². The largest absolute Gasteiger partial charge is 0.383 e. The summed E-state index contributed by atoms with van der Waals surface area (Å²) in [6, 6.07) is 20.1. The minimum absolute atomic E-state index is 0.216. The first-order chi connectivity index (χ1) is 19.3. The average Bonchev–Trinajstić information content (AvgIpc) is 3.31. The lowest BCUT2D eigenvalue weighted by Crippen LogP contribution is -2.29. The zero-order chi connectivity index (χ0) is 28.0. The molecule has 0 fully saturated rings. The summed E-state index contributed by atoms with van der Waals surface area (Å²) >= 11 is 1.38. The molecule has 0 atom stereocenters. The number of anilines is 4. The Morgan fingerprint density at radius 3 is 2.65 bits per heavy atom. The minimum Gasteiger partial charge on any atom is -0.383 e. The normalized spacial score (nSPS) is 12.8. The number of hydrogen-bond acceptors (Lipinski definition) is 9. The second-order valence-electron chi connectivity index (χ2n) is 9.69. The summed E-state index contributed by atoms with van der Waals surface area (Å²) in [4.78, 5) is 15.2. The molecule has 0 bridgehead atoms. The highest BCUT2D eigenvalue weighted by Gasteiger charge is 2.26. The van der Waals surface area contributed by atoms with Crippen LogP contribution in [-0.2, 0) is 0 Å². The number of aryl methyl sites for hydroxylation is 2. The summed E-state index contributed by atoms with van der Waals surface area (Å²) in [5.41, 5.74) is 21.8. The van der Waals surface area contributed by atoms with E-state index >= 15 is 0 Å². The number of hydrogen-bond donors (Lipinski definition) is 4. The van der Waals surface area contributed by atoms with Gasteiger partial charge in [-0.1, -0.05) is 60.4 Å². The smallest absolute Gasteiger partial charge is 0.181 e. The Kier molecular flexibility index (Phi) is 6.28. The van der Waals surface area contributed by atoms with Crippen LogP contribution in [0.3, 0.4) is 0 Å². The van der Waals surface area contributed by atoms with Crippen molar-refractivity contribution in [3.05, 3.63) is 113 Å². The van der Waals surface area contributed by atoms with Crippen molar-refractivity contribution in [2.24, 2.45) is 0 Å². The highest BCUT2D eigenvalue weighted by Crippen LogP contribution is 2.39. The molecule has 0 unspecified atom stereocenters. The molecule has 8 nitrogen and oxygen atoms in total. The molecular weight excluding hydrogens is 516 g/mol. The maximum absolute atomic E-state index is 9.03. The number of nitrogens with zero attached hydrogens (tertiary/aromatic N) is 4. The van der Waals surface area contributed by atoms with Gasteiger partial charge in [-0.2, -0.15) is 0 Å². The van der Waals surface area contributed by atoms with Gasteiger partial charge in [0.25, 0.3) is 0 Å². The monoisotopic (exact) mass is 544 g/mol. The molecule has 0 amide bonds. The zero-order valence-electron chi connectivity index (χ0n) is 22.2. The van der Waals surface area contributed by atoms with Crippen LogP contribution in [0.1, 0.15) is 33.4 Å². The number of benzene rings is 3. The average molecular weight is 545 g/mol. The van der Waals surface area contributed by atoms with Crippen LogP contribution in [0, 0.1) is 19.3 Å². The molecule has 2 aromatic heterocycles. The van der Waals surface area contributed by atoms with Crippen molar-refractivity contribution >= 4 is 61.5 Å². The Bertz CT molecular complexity index is 1850. The quantitative estimate of drug-likeness (QED) is 0.187. The van der Waals surface area contributed by atoms with E-state index in [0.29, 0.717) is 28.6 Å². The van der Waals surface area contributed by atoms with E-state index < -0.39 is 0 Å². The standard InChI is InChI=1S/C31H28N8S/c1-17-7-4-5-10-24(17)39-19(3)26-18(2)8-6-9-20(26)13-22(39)15-35-30-27(29(33)36-16-37-30)28(32)21-11-12-23-25(14-21)40-31(34)38-23/h4-14,16,32H,3,15H2,1-2H3,(H2,34,38)(H3,33,35,36,37). The van der Waals surface area contributed by atoms with Gasteiger partial charge < -0.3 is 21.7 Å². The van der Waals surface area contributed by atoms with Crippen LogP contribution in [0.2, 0.25) is 0 Å². The topological polar surface area (TPSA) is 130 Å². The van der Waals surface area contributed by atoms with Crippen LogP contribution in [0.4, 0.5) is 22.5 Å². The Hall–Kier alpha value is -5.02. The van der Waals surface area contributed by atoms with Gasteiger partial charge in [-0.3, -0.25) is 5.41 Å². The highest BCUT2D eigenvalue weighted by molar-refractivity contribution is 7.22. The first-order valence-electron chi connectivity index (χ1n) is 12.8. The number of aromatic nitrogens is 3. The van der Waals surface area contributed by atoms with Crippen LogP contribution in [0.5, 0.6) is 0 Å². The summed E-state index contributed by atoms with van der Waals surface area (Å²) in [5.74, 6) is 0.706. The fraction of sp³-hybridized carbons (Fsp3) is 0.0968. The molecule has 40 heavy (non-hydrogen) atoms. The Balaban J connectivity index is 1.38. The SMILES string of the molecule is C=C1c2c(C)cccc2C=C(CNc2ncnc(N)c2C(=N)c2ccc3nc(N)sc3c2)N1c1ccccc1C. The molecule has 0 spiro atoms. The van der Waals surface area contributed by atoms with E-state index in [9.17, 15) is 0 Å². The lowest BCUT2D eigenvalue weighted by Gasteiger charge is -2.35. The van der Waals surface area contributed by atoms with E-state index in [4.69, 9.17) is 16.9 Å². The molecule has 198 valence electrons. The van der Waals surface area contributed by atoms with Gasteiger partial charge in [-0.15, -0.1) is 0 Å². The molecule has 6 rings (SSSR count). The molecule has 0 saturated carbocycles. The fourth-order valence-electron chi connectivity index (χ4n) is 5.17. The van der Waals surface area contributed by atoms with Crippen molar-refractivity contribution in [1.82, 2.24) is 15.0 Å². The van der Waals surface area contributed by atoms with E-state index in [-0.39, 0.29) is 11.5 Å². The molecule has 0 radical (unpaired) electrons. The van der Waals surface area contributed by atoms with Gasteiger partial charge in [0.2, 0.25) is 0 Å².